The number of rotatable bonds is 6. The molecule has 0 spiro atoms. The fraction of sp³-hybridized carbons (Fsp3) is 0.278. The lowest BCUT2D eigenvalue weighted by atomic mass is 10.1. The van der Waals surface area contributed by atoms with Gasteiger partial charge in [0.25, 0.3) is 0 Å². The minimum Gasteiger partial charge on any atom is -0.362 e. The van der Waals surface area contributed by atoms with E-state index in [0.29, 0.717) is 5.11 Å². The van der Waals surface area contributed by atoms with Crippen molar-refractivity contribution < 1.29 is 0 Å². The van der Waals surface area contributed by atoms with E-state index in [4.69, 9.17) is 35.4 Å². The van der Waals surface area contributed by atoms with Gasteiger partial charge in [0.2, 0.25) is 0 Å². The minimum absolute atomic E-state index is 0.669. The van der Waals surface area contributed by atoms with Crippen LogP contribution >= 0.6 is 35.4 Å². The lowest BCUT2D eigenvalue weighted by molar-refractivity contribution is 0.802. The Morgan fingerprint density at radius 3 is 2.26 bits per heavy atom. The number of halogens is 2. The normalized spacial score (nSPS) is 10.4. The van der Waals surface area contributed by atoms with E-state index in [0.717, 1.165) is 41.5 Å². The predicted octanol–water partition coefficient (Wildman–Crippen LogP) is 4.55. The molecule has 0 bridgehead atoms. The van der Waals surface area contributed by atoms with Crippen LogP contribution in [0, 0.1) is 6.92 Å². The fourth-order valence-electron chi connectivity index (χ4n) is 2.20. The first-order valence-electron chi connectivity index (χ1n) is 7.56. The zero-order chi connectivity index (χ0) is 16.7. The number of aryl methyl sites for hydroxylation is 1. The standard InChI is InChI=1S/C18H20Cl2N2S/c1-13-2-5-15(17(20)12-13)9-11-22-18(23)21-10-8-14-3-6-16(19)7-4-14/h2-7,12H,8-11H2,1H3,(H2,21,22,23). The van der Waals surface area contributed by atoms with Crippen LogP contribution in [0.15, 0.2) is 42.5 Å². The first-order chi connectivity index (χ1) is 11.0. The molecule has 0 aliphatic rings. The Morgan fingerprint density at radius 2 is 1.61 bits per heavy atom. The van der Waals surface area contributed by atoms with E-state index < -0.39 is 0 Å². The molecule has 2 rings (SSSR count). The maximum atomic E-state index is 6.22. The zero-order valence-corrected chi connectivity index (χ0v) is 15.4. The van der Waals surface area contributed by atoms with E-state index in [2.05, 4.69) is 22.8 Å². The summed E-state index contributed by atoms with van der Waals surface area (Å²) in [5, 5.41) is 8.66. The van der Waals surface area contributed by atoms with Gasteiger partial charge in [0.15, 0.2) is 5.11 Å². The molecule has 122 valence electrons. The van der Waals surface area contributed by atoms with Gasteiger partial charge < -0.3 is 10.6 Å². The van der Waals surface area contributed by atoms with Crippen molar-refractivity contribution in [3.8, 4) is 0 Å². The van der Waals surface area contributed by atoms with Crippen LogP contribution in [0.25, 0.3) is 0 Å². The van der Waals surface area contributed by atoms with Gasteiger partial charge in [0.1, 0.15) is 0 Å². The molecule has 0 saturated heterocycles. The summed E-state index contributed by atoms with van der Waals surface area (Å²) in [6.45, 7) is 3.59. The third kappa shape index (κ3) is 6.38. The van der Waals surface area contributed by atoms with Crippen molar-refractivity contribution in [3.63, 3.8) is 0 Å². The molecular formula is C18H20Cl2N2S. The summed E-state index contributed by atoms with van der Waals surface area (Å²) in [5.74, 6) is 0. The SMILES string of the molecule is Cc1ccc(CCNC(=S)NCCc2ccc(Cl)cc2)c(Cl)c1. The Labute approximate surface area is 153 Å². The van der Waals surface area contributed by atoms with Gasteiger partial charge in [-0.1, -0.05) is 47.5 Å². The first kappa shape index (κ1) is 18.1. The van der Waals surface area contributed by atoms with Crippen molar-refractivity contribution >= 4 is 40.5 Å². The highest BCUT2D eigenvalue weighted by Gasteiger charge is 2.01. The highest BCUT2D eigenvalue weighted by atomic mass is 35.5. The number of benzene rings is 2. The molecule has 0 aliphatic carbocycles. The van der Waals surface area contributed by atoms with Gasteiger partial charge in [-0.15, -0.1) is 0 Å². The van der Waals surface area contributed by atoms with Crippen LogP contribution in [-0.4, -0.2) is 18.2 Å². The average Bonchev–Trinajstić information content (AvgIpc) is 2.51. The number of hydrogen-bond acceptors (Lipinski definition) is 1. The summed E-state index contributed by atoms with van der Waals surface area (Å²) in [6.07, 6.45) is 1.75. The molecule has 0 aromatic heterocycles. The van der Waals surface area contributed by atoms with Gasteiger partial charge in [-0.2, -0.15) is 0 Å². The van der Waals surface area contributed by atoms with Crippen LogP contribution in [-0.2, 0) is 12.8 Å². The highest BCUT2D eigenvalue weighted by Crippen LogP contribution is 2.17. The molecule has 0 amide bonds. The highest BCUT2D eigenvalue weighted by molar-refractivity contribution is 7.80. The quantitative estimate of drug-likeness (QED) is 0.733. The van der Waals surface area contributed by atoms with Crippen molar-refractivity contribution in [1.29, 1.82) is 0 Å². The van der Waals surface area contributed by atoms with Crippen molar-refractivity contribution in [2.45, 2.75) is 19.8 Å². The third-order valence-electron chi connectivity index (χ3n) is 3.50. The Morgan fingerprint density at radius 1 is 0.957 bits per heavy atom. The van der Waals surface area contributed by atoms with Crippen molar-refractivity contribution in [3.05, 3.63) is 69.2 Å². The molecule has 0 heterocycles. The molecule has 2 aromatic rings. The summed E-state index contributed by atoms with van der Waals surface area (Å²) in [7, 11) is 0. The largest absolute Gasteiger partial charge is 0.362 e. The van der Waals surface area contributed by atoms with E-state index in [9.17, 15) is 0 Å². The van der Waals surface area contributed by atoms with Gasteiger partial charge >= 0.3 is 0 Å². The Balaban J connectivity index is 1.66. The van der Waals surface area contributed by atoms with Gasteiger partial charge in [0, 0.05) is 23.1 Å². The van der Waals surface area contributed by atoms with Gasteiger partial charge in [0.05, 0.1) is 0 Å². The molecule has 0 aliphatic heterocycles. The van der Waals surface area contributed by atoms with Crippen molar-refractivity contribution in [2.75, 3.05) is 13.1 Å². The van der Waals surface area contributed by atoms with Crippen LogP contribution in [0.5, 0.6) is 0 Å². The summed E-state index contributed by atoms with van der Waals surface area (Å²) in [5.41, 5.74) is 3.54. The molecule has 2 N–H and O–H groups in total. The maximum Gasteiger partial charge on any atom is 0.166 e. The van der Waals surface area contributed by atoms with E-state index >= 15 is 0 Å². The molecule has 0 atom stereocenters. The zero-order valence-electron chi connectivity index (χ0n) is 13.0. The van der Waals surface area contributed by atoms with E-state index in [1.54, 1.807) is 0 Å². The molecule has 0 radical (unpaired) electrons. The van der Waals surface area contributed by atoms with Crippen LogP contribution < -0.4 is 10.6 Å². The second-order valence-electron chi connectivity index (χ2n) is 5.40. The summed E-state index contributed by atoms with van der Waals surface area (Å²) in [4.78, 5) is 0. The van der Waals surface area contributed by atoms with Crippen molar-refractivity contribution in [2.24, 2.45) is 0 Å². The van der Waals surface area contributed by atoms with Gasteiger partial charge in [-0.05, 0) is 66.9 Å². The van der Waals surface area contributed by atoms with Crippen LogP contribution in [0.1, 0.15) is 16.7 Å². The minimum atomic E-state index is 0.669. The Hall–Kier alpha value is -1.29. The first-order valence-corrected chi connectivity index (χ1v) is 8.72. The van der Waals surface area contributed by atoms with E-state index in [-0.39, 0.29) is 0 Å². The molecule has 0 unspecified atom stereocenters. The van der Waals surface area contributed by atoms with Gasteiger partial charge in [-0.25, -0.2) is 0 Å². The van der Waals surface area contributed by atoms with Crippen LogP contribution in [0.3, 0.4) is 0 Å². The second-order valence-corrected chi connectivity index (χ2v) is 6.66. The average molecular weight is 367 g/mol. The predicted molar refractivity (Wildman–Crippen MR) is 104 cm³/mol. The Bertz CT molecular complexity index is 657. The smallest absolute Gasteiger partial charge is 0.166 e. The molecule has 0 fully saturated rings. The molecular weight excluding hydrogens is 347 g/mol. The summed E-state index contributed by atoms with van der Waals surface area (Å²) >= 11 is 17.4. The lowest BCUT2D eigenvalue weighted by Crippen LogP contribution is -2.37. The van der Waals surface area contributed by atoms with Gasteiger partial charge in [-0.3, -0.25) is 0 Å². The number of thiocarbonyl (C=S) groups is 1. The monoisotopic (exact) mass is 366 g/mol. The van der Waals surface area contributed by atoms with E-state index in [1.165, 1.54) is 11.1 Å². The van der Waals surface area contributed by atoms with Crippen LogP contribution in [0.2, 0.25) is 10.0 Å². The molecule has 0 saturated carbocycles. The molecule has 23 heavy (non-hydrogen) atoms. The van der Waals surface area contributed by atoms with Crippen LogP contribution in [0.4, 0.5) is 0 Å². The third-order valence-corrected chi connectivity index (χ3v) is 4.39. The number of nitrogens with one attached hydrogen (secondary N) is 2. The maximum absolute atomic E-state index is 6.22. The topological polar surface area (TPSA) is 24.1 Å². The molecule has 2 nitrogen and oxygen atoms in total. The van der Waals surface area contributed by atoms with E-state index in [1.807, 2.05) is 37.3 Å². The van der Waals surface area contributed by atoms with Crippen molar-refractivity contribution in [1.82, 2.24) is 10.6 Å². The Kier molecular flexibility index (Phi) is 7.15. The second kappa shape index (κ2) is 9.11. The summed E-state index contributed by atoms with van der Waals surface area (Å²) < 4.78 is 0. The number of hydrogen-bond donors (Lipinski definition) is 2. The lowest BCUT2D eigenvalue weighted by Gasteiger charge is -2.11. The summed E-state index contributed by atoms with van der Waals surface area (Å²) in [6, 6.07) is 14.0. The molecule has 5 heteroatoms. The molecule has 2 aromatic carbocycles. The fourth-order valence-corrected chi connectivity index (χ4v) is 2.86.